The van der Waals surface area contributed by atoms with Gasteiger partial charge in [0.15, 0.2) is 5.11 Å². The molecule has 1 aromatic rings. The molecule has 150 valence electrons. The molecule has 1 aromatic heterocycles. The Bertz CT molecular complexity index is 554. The fourth-order valence-corrected chi connectivity index (χ4v) is 3.98. The van der Waals surface area contributed by atoms with Gasteiger partial charge in [0.05, 0.1) is 0 Å². The molecule has 3 rings (SSSR count). The molecule has 27 heavy (non-hydrogen) atoms. The van der Waals surface area contributed by atoms with Crippen LogP contribution in [-0.2, 0) is 0 Å². The minimum atomic E-state index is 0.603. The van der Waals surface area contributed by atoms with Crippen molar-refractivity contribution in [1.29, 1.82) is 0 Å². The number of nitrogens with one attached hydrogen (secondary N) is 2. The van der Waals surface area contributed by atoms with Crippen LogP contribution in [0.3, 0.4) is 0 Å². The van der Waals surface area contributed by atoms with Gasteiger partial charge in [0.2, 0.25) is 5.95 Å². The summed E-state index contributed by atoms with van der Waals surface area (Å²) in [5.74, 6) is 2.68. The topological polar surface area (TPSA) is 56.3 Å². The maximum absolute atomic E-state index is 5.41. The molecule has 0 unspecified atom stereocenters. The number of hydrogen-bond donors (Lipinski definition) is 2. The Morgan fingerprint density at radius 1 is 0.889 bits per heavy atom. The first-order chi connectivity index (χ1) is 13.3. The van der Waals surface area contributed by atoms with Gasteiger partial charge in [0.1, 0.15) is 11.6 Å². The monoisotopic (exact) mass is 390 g/mol. The highest BCUT2D eigenvalue weighted by atomic mass is 32.1. The van der Waals surface area contributed by atoms with E-state index >= 15 is 0 Å². The van der Waals surface area contributed by atoms with Gasteiger partial charge in [-0.25, -0.2) is 0 Å². The molecule has 0 aliphatic carbocycles. The van der Waals surface area contributed by atoms with Gasteiger partial charge in [-0.2, -0.15) is 9.97 Å². The minimum Gasteiger partial charge on any atom is -0.362 e. The predicted molar refractivity (Wildman–Crippen MR) is 118 cm³/mol. The van der Waals surface area contributed by atoms with Crippen LogP contribution >= 0.6 is 12.2 Å². The summed E-state index contributed by atoms with van der Waals surface area (Å²) in [5, 5.41) is 7.03. The zero-order valence-electron chi connectivity index (χ0n) is 16.7. The van der Waals surface area contributed by atoms with Crippen molar-refractivity contribution in [2.24, 2.45) is 0 Å². The molecule has 0 amide bonds. The van der Waals surface area contributed by atoms with Gasteiger partial charge in [-0.15, -0.1) is 0 Å². The van der Waals surface area contributed by atoms with E-state index in [-0.39, 0.29) is 0 Å². The summed E-state index contributed by atoms with van der Waals surface area (Å²) in [6.07, 6.45) is 11.3. The van der Waals surface area contributed by atoms with Crippen LogP contribution in [0.5, 0.6) is 0 Å². The fraction of sp³-hybridized carbons (Fsp3) is 0.750. The second-order valence-electron chi connectivity index (χ2n) is 7.59. The van der Waals surface area contributed by atoms with E-state index in [1.54, 1.807) is 0 Å². The van der Waals surface area contributed by atoms with E-state index in [9.17, 15) is 0 Å². The molecule has 2 aliphatic heterocycles. The van der Waals surface area contributed by atoms with Gasteiger partial charge in [0.25, 0.3) is 0 Å². The maximum Gasteiger partial charge on any atom is 0.232 e. The SMILES string of the molecule is CCCNC(=S)Nc1nc(N2CCCCCC2)cc(N2CCCCCC2)n1. The van der Waals surface area contributed by atoms with Crippen molar-refractivity contribution in [3.8, 4) is 0 Å². The molecule has 0 radical (unpaired) electrons. The van der Waals surface area contributed by atoms with Gasteiger partial charge < -0.3 is 20.4 Å². The molecule has 2 saturated heterocycles. The molecule has 0 saturated carbocycles. The number of thiocarbonyl (C=S) groups is 1. The lowest BCUT2D eigenvalue weighted by Gasteiger charge is -2.26. The van der Waals surface area contributed by atoms with Crippen molar-refractivity contribution in [3.05, 3.63) is 6.07 Å². The molecule has 0 atom stereocenters. The van der Waals surface area contributed by atoms with Crippen LogP contribution in [0, 0.1) is 0 Å². The molecular formula is C20H34N6S. The number of anilines is 3. The Morgan fingerprint density at radius 3 is 1.81 bits per heavy atom. The molecular weight excluding hydrogens is 356 g/mol. The summed E-state index contributed by atoms with van der Waals surface area (Å²) in [4.78, 5) is 14.5. The van der Waals surface area contributed by atoms with Crippen molar-refractivity contribution in [1.82, 2.24) is 15.3 Å². The third-order valence-electron chi connectivity index (χ3n) is 5.32. The van der Waals surface area contributed by atoms with Gasteiger partial charge >= 0.3 is 0 Å². The van der Waals surface area contributed by atoms with Gasteiger partial charge in [-0.05, 0) is 44.3 Å². The highest BCUT2D eigenvalue weighted by molar-refractivity contribution is 7.80. The van der Waals surface area contributed by atoms with Crippen LogP contribution < -0.4 is 20.4 Å². The van der Waals surface area contributed by atoms with Gasteiger partial charge in [0, 0.05) is 38.8 Å². The molecule has 0 aromatic carbocycles. The van der Waals surface area contributed by atoms with Crippen molar-refractivity contribution >= 4 is 34.9 Å². The average Bonchev–Trinajstić information content (AvgIpc) is 3.11. The molecule has 0 spiro atoms. The summed E-state index contributed by atoms with van der Waals surface area (Å²) in [5.41, 5.74) is 0. The molecule has 3 heterocycles. The average molecular weight is 391 g/mol. The van der Waals surface area contributed by atoms with Crippen LogP contribution in [0.1, 0.15) is 64.7 Å². The number of hydrogen-bond acceptors (Lipinski definition) is 5. The predicted octanol–water partition coefficient (Wildman–Crippen LogP) is 3.93. The highest BCUT2D eigenvalue weighted by Crippen LogP contribution is 2.25. The Balaban J connectivity index is 1.82. The highest BCUT2D eigenvalue weighted by Gasteiger charge is 2.18. The fourth-order valence-electron chi connectivity index (χ4n) is 3.79. The van der Waals surface area contributed by atoms with Crippen LogP contribution in [0.15, 0.2) is 6.07 Å². The Morgan fingerprint density at radius 2 is 1.37 bits per heavy atom. The maximum atomic E-state index is 5.41. The van der Waals surface area contributed by atoms with E-state index in [0.717, 1.165) is 50.8 Å². The van der Waals surface area contributed by atoms with E-state index in [4.69, 9.17) is 22.2 Å². The zero-order chi connectivity index (χ0) is 18.9. The second kappa shape index (κ2) is 10.6. The van der Waals surface area contributed by atoms with Crippen molar-refractivity contribution in [2.75, 3.05) is 47.8 Å². The third kappa shape index (κ3) is 6.19. The largest absolute Gasteiger partial charge is 0.362 e. The van der Waals surface area contributed by atoms with E-state index in [1.165, 1.54) is 51.4 Å². The van der Waals surface area contributed by atoms with E-state index in [0.29, 0.717) is 11.1 Å². The molecule has 2 N–H and O–H groups in total. The molecule has 6 nitrogen and oxygen atoms in total. The number of aromatic nitrogens is 2. The van der Waals surface area contributed by atoms with Crippen LogP contribution in [-0.4, -0.2) is 47.8 Å². The first-order valence-electron chi connectivity index (χ1n) is 10.7. The quantitative estimate of drug-likeness (QED) is 0.739. The number of nitrogens with zero attached hydrogens (tertiary/aromatic N) is 4. The van der Waals surface area contributed by atoms with Crippen LogP contribution in [0.25, 0.3) is 0 Å². The summed E-state index contributed by atoms with van der Waals surface area (Å²) in [7, 11) is 0. The summed E-state index contributed by atoms with van der Waals surface area (Å²) < 4.78 is 0. The van der Waals surface area contributed by atoms with E-state index in [1.807, 2.05) is 0 Å². The lowest BCUT2D eigenvalue weighted by atomic mass is 10.2. The Labute approximate surface area is 169 Å². The summed E-state index contributed by atoms with van der Waals surface area (Å²) >= 11 is 5.41. The lowest BCUT2D eigenvalue weighted by molar-refractivity contribution is 0.726. The van der Waals surface area contributed by atoms with Gasteiger partial charge in [-0.1, -0.05) is 32.6 Å². The molecule has 0 bridgehead atoms. The molecule has 2 fully saturated rings. The first kappa shape index (κ1) is 20.1. The molecule has 7 heteroatoms. The van der Waals surface area contributed by atoms with Gasteiger partial charge in [-0.3, -0.25) is 0 Å². The van der Waals surface area contributed by atoms with Crippen molar-refractivity contribution in [2.45, 2.75) is 64.7 Å². The van der Waals surface area contributed by atoms with Crippen LogP contribution in [0.2, 0.25) is 0 Å². The molecule has 2 aliphatic rings. The summed E-state index contributed by atoms with van der Waals surface area (Å²) in [6, 6.07) is 2.18. The Hall–Kier alpha value is -1.63. The third-order valence-corrected chi connectivity index (χ3v) is 5.57. The van der Waals surface area contributed by atoms with Crippen LogP contribution in [0.4, 0.5) is 17.6 Å². The van der Waals surface area contributed by atoms with E-state index < -0.39 is 0 Å². The first-order valence-corrected chi connectivity index (χ1v) is 11.1. The minimum absolute atomic E-state index is 0.603. The van der Waals surface area contributed by atoms with Crippen molar-refractivity contribution in [3.63, 3.8) is 0 Å². The van der Waals surface area contributed by atoms with Crippen molar-refractivity contribution < 1.29 is 0 Å². The smallest absolute Gasteiger partial charge is 0.232 e. The lowest BCUT2D eigenvalue weighted by Crippen LogP contribution is -2.32. The zero-order valence-corrected chi connectivity index (χ0v) is 17.5. The standard InChI is InChI=1S/C20H34N6S/c1-2-11-21-20(27)24-19-22-17(25-12-7-3-4-8-13-25)16-18(23-19)26-14-9-5-6-10-15-26/h16H,2-15H2,1H3,(H2,21,22,23,24,27). The second-order valence-corrected chi connectivity index (χ2v) is 8.00. The summed E-state index contributed by atoms with van der Waals surface area (Å²) in [6.45, 7) is 7.30. The number of rotatable bonds is 5. The normalized spacial score (nSPS) is 18.6. The van der Waals surface area contributed by atoms with E-state index in [2.05, 4.69) is 33.4 Å². The Kier molecular flexibility index (Phi) is 7.93.